The van der Waals surface area contributed by atoms with E-state index in [0.717, 1.165) is 0 Å². The largest absolute Gasteiger partial charge is 0.439 e. The highest BCUT2D eigenvalue weighted by molar-refractivity contribution is 6.61. The van der Waals surface area contributed by atoms with Crippen molar-refractivity contribution in [3.8, 4) is 0 Å². The van der Waals surface area contributed by atoms with Crippen LogP contribution in [0.1, 0.15) is 11.7 Å². The molecule has 2 unspecified atom stereocenters. The molecule has 1 fully saturated rings. The lowest BCUT2D eigenvalue weighted by Crippen LogP contribution is -2.47. The minimum absolute atomic E-state index is 0.121. The molecule has 0 aliphatic carbocycles. The van der Waals surface area contributed by atoms with Gasteiger partial charge >= 0.3 is 11.6 Å². The first-order valence-electron chi connectivity index (χ1n) is 6.78. The third kappa shape index (κ3) is 5.33. The molecule has 0 saturated carbocycles. The van der Waals surface area contributed by atoms with Gasteiger partial charge in [0.15, 0.2) is 0 Å². The van der Waals surface area contributed by atoms with Crippen molar-refractivity contribution in [3.05, 3.63) is 35.6 Å². The number of alkyl halides is 3. The van der Waals surface area contributed by atoms with E-state index in [1.807, 2.05) is 0 Å². The van der Waals surface area contributed by atoms with E-state index in [-0.39, 0.29) is 19.7 Å². The Labute approximate surface area is 134 Å². The normalized spacial score (nSPS) is 21.0. The highest BCUT2D eigenvalue weighted by Crippen LogP contribution is 2.27. The zero-order valence-electron chi connectivity index (χ0n) is 11.9. The first kappa shape index (κ1) is 18.0. The molecule has 0 amide bonds. The molecule has 0 radical (unpaired) electrons. The fraction of sp³-hybridized carbons (Fsp3) is 0.500. The molecule has 0 N–H and O–H groups in total. The standard InChI is InChI=1S/C14H14ClF4NO3/c15-13(21)23-12(14(17,18)19)8-20-4-5-22-11(7-20)9-2-1-3-10(16)6-9/h1-3,6,11-12H,4-5,7-8H2. The summed E-state index contributed by atoms with van der Waals surface area (Å²) in [6, 6.07) is 5.68. The van der Waals surface area contributed by atoms with E-state index in [9.17, 15) is 22.4 Å². The van der Waals surface area contributed by atoms with Crippen LogP contribution in [0, 0.1) is 5.82 Å². The van der Waals surface area contributed by atoms with Gasteiger partial charge in [-0.05, 0) is 17.7 Å². The molecule has 9 heteroatoms. The fourth-order valence-electron chi connectivity index (χ4n) is 2.33. The van der Waals surface area contributed by atoms with E-state index in [2.05, 4.69) is 4.74 Å². The minimum atomic E-state index is -4.72. The Kier molecular flexibility index (Phi) is 5.83. The van der Waals surface area contributed by atoms with Crippen molar-refractivity contribution in [2.75, 3.05) is 26.2 Å². The van der Waals surface area contributed by atoms with Crippen LogP contribution in [-0.2, 0) is 9.47 Å². The number of morpholine rings is 1. The van der Waals surface area contributed by atoms with Crippen molar-refractivity contribution < 1.29 is 31.8 Å². The van der Waals surface area contributed by atoms with Crippen LogP contribution in [0.25, 0.3) is 0 Å². The molecule has 1 aliphatic rings. The lowest BCUT2D eigenvalue weighted by molar-refractivity contribution is -0.208. The minimum Gasteiger partial charge on any atom is -0.439 e. The molecule has 2 rings (SSSR count). The molecule has 23 heavy (non-hydrogen) atoms. The summed E-state index contributed by atoms with van der Waals surface area (Å²) in [5, 5.41) is 0. The van der Waals surface area contributed by atoms with Gasteiger partial charge < -0.3 is 9.47 Å². The second-order valence-electron chi connectivity index (χ2n) is 5.06. The molecule has 4 nitrogen and oxygen atoms in total. The van der Waals surface area contributed by atoms with Crippen LogP contribution in [0.4, 0.5) is 22.4 Å². The number of carbonyl (C=O) groups excluding carboxylic acids is 1. The lowest BCUT2D eigenvalue weighted by atomic mass is 10.1. The van der Waals surface area contributed by atoms with Gasteiger partial charge in [0.25, 0.3) is 0 Å². The van der Waals surface area contributed by atoms with Crippen LogP contribution in [0.15, 0.2) is 24.3 Å². The fourth-order valence-corrected chi connectivity index (χ4v) is 2.44. The number of rotatable bonds is 4. The molecule has 0 aromatic heterocycles. The molecule has 128 valence electrons. The topological polar surface area (TPSA) is 38.8 Å². The van der Waals surface area contributed by atoms with Gasteiger partial charge in [-0.3, -0.25) is 4.90 Å². The van der Waals surface area contributed by atoms with Crippen LogP contribution >= 0.6 is 11.6 Å². The van der Waals surface area contributed by atoms with Crippen molar-refractivity contribution in [1.29, 1.82) is 0 Å². The molecule has 1 aliphatic heterocycles. The summed E-state index contributed by atoms with van der Waals surface area (Å²) in [5.41, 5.74) is -0.977. The molecule has 0 bridgehead atoms. The molecule has 1 heterocycles. The number of nitrogens with zero attached hydrogens (tertiary/aromatic N) is 1. The summed E-state index contributed by atoms with van der Waals surface area (Å²) < 4.78 is 61.4. The summed E-state index contributed by atoms with van der Waals surface area (Å²) in [6.45, 7) is -0.0220. The molecule has 0 spiro atoms. The Morgan fingerprint density at radius 2 is 2.22 bits per heavy atom. The number of hydrogen-bond acceptors (Lipinski definition) is 4. The van der Waals surface area contributed by atoms with Gasteiger partial charge in [0.1, 0.15) is 5.82 Å². The Morgan fingerprint density at radius 1 is 1.48 bits per heavy atom. The Hall–Kier alpha value is -1.38. The van der Waals surface area contributed by atoms with Gasteiger partial charge in [-0.1, -0.05) is 12.1 Å². The zero-order valence-corrected chi connectivity index (χ0v) is 12.6. The Bertz CT molecular complexity index is 555. The van der Waals surface area contributed by atoms with Gasteiger partial charge in [0, 0.05) is 31.2 Å². The van der Waals surface area contributed by atoms with Gasteiger partial charge in [-0.2, -0.15) is 13.2 Å². The Morgan fingerprint density at radius 3 is 2.83 bits per heavy atom. The summed E-state index contributed by atoms with van der Waals surface area (Å²) in [7, 11) is 0. The first-order chi connectivity index (χ1) is 10.8. The van der Waals surface area contributed by atoms with Crippen molar-refractivity contribution >= 4 is 17.0 Å². The third-order valence-electron chi connectivity index (χ3n) is 3.40. The van der Waals surface area contributed by atoms with E-state index >= 15 is 0 Å². The zero-order chi connectivity index (χ0) is 17.0. The predicted octanol–water partition coefficient (Wildman–Crippen LogP) is 3.51. The van der Waals surface area contributed by atoms with Crippen molar-refractivity contribution in [2.24, 2.45) is 0 Å². The summed E-state index contributed by atoms with van der Waals surface area (Å²) in [5.74, 6) is -0.451. The second-order valence-corrected chi connectivity index (χ2v) is 5.37. The molecular formula is C14H14ClF4NO3. The number of carbonyl (C=O) groups is 1. The van der Waals surface area contributed by atoms with Crippen LogP contribution in [-0.4, -0.2) is 48.8 Å². The number of ether oxygens (including phenoxy) is 2. The van der Waals surface area contributed by atoms with E-state index < -0.39 is 36.2 Å². The van der Waals surface area contributed by atoms with Crippen LogP contribution in [0.2, 0.25) is 0 Å². The first-order valence-corrected chi connectivity index (χ1v) is 7.16. The molecule has 1 aromatic rings. The van der Waals surface area contributed by atoms with Crippen LogP contribution in [0.5, 0.6) is 0 Å². The van der Waals surface area contributed by atoms with Gasteiger partial charge in [-0.25, -0.2) is 9.18 Å². The average molecular weight is 356 g/mol. The summed E-state index contributed by atoms with van der Waals surface area (Å²) in [4.78, 5) is 12.1. The van der Waals surface area contributed by atoms with E-state index in [4.69, 9.17) is 16.3 Å². The Balaban J connectivity index is 2.03. The highest BCUT2D eigenvalue weighted by Gasteiger charge is 2.44. The van der Waals surface area contributed by atoms with E-state index in [0.29, 0.717) is 5.56 Å². The number of halogens is 5. The van der Waals surface area contributed by atoms with E-state index in [1.54, 1.807) is 6.07 Å². The SMILES string of the molecule is O=C(Cl)OC(CN1CCOC(c2cccc(F)c2)C1)C(F)(F)F. The maximum absolute atomic E-state index is 13.2. The molecular weight excluding hydrogens is 342 g/mol. The third-order valence-corrected chi connectivity index (χ3v) is 3.48. The average Bonchev–Trinajstić information content (AvgIpc) is 2.45. The number of hydrogen-bond donors (Lipinski definition) is 0. The number of benzene rings is 1. The predicted molar refractivity (Wildman–Crippen MR) is 73.7 cm³/mol. The highest BCUT2D eigenvalue weighted by atomic mass is 35.5. The van der Waals surface area contributed by atoms with Crippen LogP contribution < -0.4 is 0 Å². The van der Waals surface area contributed by atoms with E-state index in [1.165, 1.54) is 23.1 Å². The maximum Gasteiger partial charge on any atom is 0.426 e. The van der Waals surface area contributed by atoms with Crippen molar-refractivity contribution in [1.82, 2.24) is 4.90 Å². The molecule has 1 saturated heterocycles. The molecule has 2 atom stereocenters. The summed E-state index contributed by atoms with van der Waals surface area (Å²) in [6.07, 6.45) is -7.60. The second kappa shape index (κ2) is 7.46. The summed E-state index contributed by atoms with van der Waals surface area (Å²) >= 11 is 4.89. The molecule has 1 aromatic carbocycles. The van der Waals surface area contributed by atoms with Crippen molar-refractivity contribution in [2.45, 2.75) is 18.4 Å². The smallest absolute Gasteiger partial charge is 0.426 e. The van der Waals surface area contributed by atoms with Crippen LogP contribution in [0.3, 0.4) is 0 Å². The van der Waals surface area contributed by atoms with Gasteiger partial charge in [0.2, 0.25) is 6.10 Å². The maximum atomic E-state index is 13.2. The lowest BCUT2D eigenvalue weighted by Gasteiger charge is -2.35. The van der Waals surface area contributed by atoms with Gasteiger partial charge in [0.05, 0.1) is 12.7 Å². The van der Waals surface area contributed by atoms with Gasteiger partial charge in [-0.15, -0.1) is 0 Å². The monoisotopic (exact) mass is 355 g/mol. The quantitative estimate of drug-likeness (QED) is 0.612. The van der Waals surface area contributed by atoms with Crippen molar-refractivity contribution in [3.63, 3.8) is 0 Å².